The van der Waals surface area contributed by atoms with Crippen LogP contribution in [0.3, 0.4) is 0 Å². The summed E-state index contributed by atoms with van der Waals surface area (Å²) in [4.78, 5) is 0. The highest BCUT2D eigenvalue weighted by Gasteiger charge is 2.21. The van der Waals surface area contributed by atoms with Gasteiger partial charge in [0, 0.05) is 17.2 Å². The number of nitrogens with one attached hydrogen (secondary N) is 1. The first-order valence-electron chi connectivity index (χ1n) is 6.13. The van der Waals surface area contributed by atoms with Crippen molar-refractivity contribution in [2.75, 3.05) is 6.54 Å². The third kappa shape index (κ3) is 3.30. The first kappa shape index (κ1) is 15.7. The second kappa shape index (κ2) is 6.83. The second-order valence-electron chi connectivity index (χ2n) is 4.29. The zero-order valence-electron chi connectivity index (χ0n) is 10.7. The maximum Gasteiger partial charge on any atom is 0.173 e. The minimum absolute atomic E-state index is 0.0541. The zero-order chi connectivity index (χ0) is 14.7. The summed E-state index contributed by atoms with van der Waals surface area (Å²) in [6, 6.07) is 4.18. The van der Waals surface area contributed by atoms with E-state index in [1.807, 2.05) is 6.92 Å². The molecule has 6 heteroatoms. The Kier molecular flexibility index (Phi) is 5.35. The summed E-state index contributed by atoms with van der Waals surface area (Å²) >= 11 is 6.38. The fourth-order valence-corrected chi connectivity index (χ4v) is 2.94. The predicted octanol–water partition coefficient (Wildman–Crippen LogP) is 4.98. The summed E-state index contributed by atoms with van der Waals surface area (Å²) in [5.41, 5.74) is 0.893. The van der Waals surface area contributed by atoms with Crippen LogP contribution in [0.4, 0.5) is 8.78 Å². The molecule has 0 saturated heterocycles. The van der Waals surface area contributed by atoms with Crippen molar-refractivity contribution < 1.29 is 13.2 Å². The van der Waals surface area contributed by atoms with Crippen molar-refractivity contribution in [2.24, 2.45) is 0 Å². The highest BCUT2D eigenvalue weighted by molar-refractivity contribution is 9.10. The van der Waals surface area contributed by atoms with E-state index in [1.165, 1.54) is 18.4 Å². The van der Waals surface area contributed by atoms with Crippen LogP contribution < -0.4 is 5.32 Å². The van der Waals surface area contributed by atoms with Gasteiger partial charge in [0.15, 0.2) is 4.67 Å². The first-order valence-corrected chi connectivity index (χ1v) is 7.71. The van der Waals surface area contributed by atoms with Gasteiger partial charge in [-0.15, -0.1) is 0 Å². The molecule has 20 heavy (non-hydrogen) atoms. The summed E-state index contributed by atoms with van der Waals surface area (Å²) in [6.07, 6.45) is 1.74. The molecule has 2 nitrogen and oxygen atoms in total. The summed E-state index contributed by atoms with van der Waals surface area (Å²) < 4.78 is 33.9. The van der Waals surface area contributed by atoms with Crippen LogP contribution in [-0.4, -0.2) is 6.54 Å². The molecular weight excluding hydrogens is 396 g/mol. The van der Waals surface area contributed by atoms with E-state index < -0.39 is 11.6 Å². The van der Waals surface area contributed by atoms with Gasteiger partial charge in [-0.05, 0) is 63.0 Å². The second-order valence-corrected chi connectivity index (χ2v) is 5.86. The Balaban J connectivity index is 2.34. The van der Waals surface area contributed by atoms with Gasteiger partial charge in [0.2, 0.25) is 0 Å². The molecule has 1 unspecified atom stereocenters. The maximum absolute atomic E-state index is 14.1. The van der Waals surface area contributed by atoms with Crippen LogP contribution in [0.1, 0.15) is 24.1 Å². The number of likely N-dealkylation sites (N-methyl/N-ethyl adjacent to an activating group) is 1. The SMILES string of the molecule is CCNC(Cc1c(F)ccc(Br)c1F)c1ccoc1Br. The lowest BCUT2D eigenvalue weighted by Crippen LogP contribution is -2.23. The maximum atomic E-state index is 14.1. The van der Waals surface area contributed by atoms with E-state index in [0.29, 0.717) is 11.2 Å². The zero-order valence-corrected chi connectivity index (χ0v) is 13.9. The number of hydrogen-bond acceptors (Lipinski definition) is 2. The molecule has 0 bridgehead atoms. The number of rotatable bonds is 5. The Hall–Kier alpha value is -0.720. The third-order valence-electron chi connectivity index (χ3n) is 3.02. The molecule has 1 aromatic carbocycles. The summed E-state index contributed by atoms with van der Waals surface area (Å²) in [5.74, 6) is -1.11. The summed E-state index contributed by atoms with van der Waals surface area (Å²) in [5, 5.41) is 3.21. The molecule has 0 aliphatic heterocycles. The minimum Gasteiger partial charge on any atom is -0.457 e. The van der Waals surface area contributed by atoms with E-state index in [0.717, 1.165) is 5.56 Å². The first-order chi connectivity index (χ1) is 9.54. The van der Waals surface area contributed by atoms with Crippen molar-refractivity contribution in [3.8, 4) is 0 Å². The van der Waals surface area contributed by atoms with Crippen molar-refractivity contribution >= 4 is 31.9 Å². The molecule has 2 aromatic rings. The standard InChI is InChI=1S/C14H13Br2F2NO/c1-2-19-12(8-5-6-20-14(8)16)7-9-11(17)4-3-10(15)13(9)18/h3-6,12,19H,2,7H2,1H3. The van der Waals surface area contributed by atoms with Crippen LogP contribution in [0.5, 0.6) is 0 Å². The average Bonchev–Trinajstić information content (AvgIpc) is 2.84. The molecule has 1 atom stereocenters. The van der Waals surface area contributed by atoms with Crippen LogP contribution >= 0.6 is 31.9 Å². The van der Waals surface area contributed by atoms with Gasteiger partial charge in [-0.25, -0.2) is 8.78 Å². The normalized spacial score (nSPS) is 12.7. The van der Waals surface area contributed by atoms with Crippen LogP contribution in [0.2, 0.25) is 0 Å². The van der Waals surface area contributed by atoms with Gasteiger partial charge < -0.3 is 9.73 Å². The van der Waals surface area contributed by atoms with Crippen LogP contribution in [0.15, 0.2) is 38.0 Å². The van der Waals surface area contributed by atoms with E-state index >= 15 is 0 Å². The molecule has 0 amide bonds. The molecule has 0 aliphatic rings. The van der Waals surface area contributed by atoms with Crippen molar-refractivity contribution in [3.05, 3.63) is 56.4 Å². The fraction of sp³-hybridized carbons (Fsp3) is 0.286. The highest BCUT2D eigenvalue weighted by atomic mass is 79.9. The lowest BCUT2D eigenvalue weighted by molar-refractivity contribution is 0.482. The Morgan fingerprint density at radius 3 is 2.60 bits per heavy atom. The van der Waals surface area contributed by atoms with Crippen molar-refractivity contribution in [3.63, 3.8) is 0 Å². The fourth-order valence-electron chi connectivity index (χ4n) is 2.05. The molecular formula is C14H13Br2F2NO. The number of furan rings is 1. The predicted molar refractivity (Wildman–Crippen MR) is 80.6 cm³/mol. The Morgan fingerprint density at radius 2 is 2.00 bits per heavy atom. The topological polar surface area (TPSA) is 25.2 Å². The van der Waals surface area contributed by atoms with Crippen molar-refractivity contribution in [2.45, 2.75) is 19.4 Å². The monoisotopic (exact) mass is 407 g/mol. The highest BCUT2D eigenvalue weighted by Crippen LogP contribution is 2.30. The molecule has 0 radical (unpaired) electrons. The van der Waals surface area contributed by atoms with Gasteiger partial charge in [-0.3, -0.25) is 0 Å². The lowest BCUT2D eigenvalue weighted by atomic mass is 10.00. The molecule has 0 saturated carbocycles. The molecule has 0 spiro atoms. The van der Waals surface area contributed by atoms with E-state index in [4.69, 9.17) is 4.42 Å². The van der Waals surface area contributed by atoms with Gasteiger partial charge >= 0.3 is 0 Å². The van der Waals surface area contributed by atoms with E-state index in [2.05, 4.69) is 37.2 Å². The van der Waals surface area contributed by atoms with E-state index in [-0.39, 0.29) is 22.5 Å². The minimum atomic E-state index is -0.562. The number of benzene rings is 1. The van der Waals surface area contributed by atoms with Gasteiger partial charge in [0.1, 0.15) is 11.6 Å². The molecule has 0 fully saturated rings. The summed E-state index contributed by atoms with van der Waals surface area (Å²) in [6.45, 7) is 2.62. The summed E-state index contributed by atoms with van der Waals surface area (Å²) in [7, 11) is 0. The van der Waals surface area contributed by atoms with Gasteiger partial charge in [0.25, 0.3) is 0 Å². The molecule has 2 rings (SSSR count). The molecule has 1 heterocycles. The molecule has 1 N–H and O–H groups in total. The van der Waals surface area contributed by atoms with E-state index in [9.17, 15) is 8.78 Å². The van der Waals surface area contributed by atoms with Gasteiger partial charge in [-0.2, -0.15) is 0 Å². The van der Waals surface area contributed by atoms with E-state index in [1.54, 1.807) is 6.07 Å². The Labute approximate surface area is 132 Å². The smallest absolute Gasteiger partial charge is 0.173 e. The van der Waals surface area contributed by atoms with Gasteiger partial charge in [-0.1, -0.05) is 6.92 Å². The number of hydrogen-bond donors (Lipinski definition) is 1. The van der Waals surface area contributed by atoms with Crippen LogP contribution in [-0.2, 0) is 6.42 Å². The largest absolute Gasteiger partial charge is 0.457 e. The molecule has 108 valence electrons. The van der Waals surface area contributed by atoms with Crippen LogP contribution in [0.25, 0.3) is 0 Å². The Bertz CT molecular complexity index is 601. The van der Waals surface area contributed by atoms with Crippen LogP contribution in [0, 0.1) is 11.6 Å². The van der Waals surface area contributed by atoms with Crippen molar-refractivity contribution in [1.29, 1.82) is 0 Å². The third-order valence-corrected chi connectivity index (χ3v) is 4.28. The Morgan fingerprint density at radius 1 is 1.25 bits per heavy atom. The number of halogens is 4. The van der Waals surface area contributed by atoms with Gasteiger partial charge in [0.05, 0.1) is 10.7 Å². The molecule has 0 aliphatic carbocycles. The van der Waals surface area contributed by atoms with Crippen molar-refractivity contribution in [1.82, 2.24) is 5.32 Å². The average molecular weight is 409 g/mol. The lowest BCUT2D eigenvalue weighted by Gasteiger charge is -2.18. The molecule has 1 aromatic heterocycles. The quantitative estimate of drug-likeness (QED) is 0.706.